The molecule has 5 nitrogen and oxygen atoms in total. The van der Waals surface area contributed by atoms with Gasteiger partial charge in [-0.1, -0.05) is 11.3 Å². The van der Waals surface area contributed by atoms with Gasteiger partial charge in [0.2, 0.25) is 0 Å². The largest absolute Gasteiger partial charge is 0.296 e. The van der Waals surface area contributed by atoms with Crippen molar-refractivity contribution in [2.75, 3.05) is 0 Å². The Hall–Kier alpha value is -2.00. The van der Waals surface area contributed by atoms with Crippen LogP contribution in [0.3, 0.4) is 0 Å². The predicted molar refractivity (Wildman–Crippen MR) is 58.1 cm³/mol. The van der Waals surface area contributed by atoms with Crippen LogP contribution in [0.25, 0.3) is 0 Å². The number of hydrogen-bond donors (Lipinski definition) is 0. The molecule has 80 valence electrons. The summed E-state index contributed by atoms with van der Waals surface area (Å²) < 4.78 is 1.46. The topological polar surface area (TPSA) is 71.6 Å². The molecule has 0 aromatic carbocycles. The van der Waals surface area contributed by atoms with Gasteiger partial charge in [-0.2, -0.15) is 5.26 Å². The Morgan fingerprint density at radius 1 is 1.62 bits per heavy atom. The Balaban J connectivity index is 2.33. The van der Waals surface area contributed by atoms with Crippen molar-refractivity contribution < 1.29 is 4.79 Å². The maximum Gasteiger partial charge on any atom is 0.172 e. The van der Waals surface area contributed by atoms with Crippen molar-refractivity contribution in [2.45, 2.75) is 13.0 Å². The maximum atomic E-state index is 10.8. The molecule has 0 saturated carbocycles. The van der Waals surface area contributed by atoms with Crippen LogP contribution < -0.4 is 0 Å². The van der Waals surface area contributed by atoms with Gasteiger partial charge < -0.3 is 0 Å². The Morgan fingerprint density at radius 2 is 2.50 bits per heavy atom. The van der Waals surface area contributed by atoms with E-state index in [4.69, 9.17) is 5.26 Å². The Kier molecular flexibility index (Phi) is 3.08. The van der Waals surface area contributed by atoms with Gasteiger partial charge in [-0.25, -0.2) is 4.68 Å². The molecule has 0 amide bonds. The molecule has 0 bridgehead atoms. The van der Waals surface area contributed by atoms with E-state index in [1.165, 1.54) is 4.68 Å². The first-order valence-corrected chi connectivity index (χ1v) is 5.50. The number of carbonyl (C=O) groups excluding carboxylic acids is 1. The molecular weight excluding hydrogens is 224 g/mol. The lowest BCUT2D eigenvalue weighted by Gasteiger charge is -2.00. The molecule has 0 aliphatic rings. The number of nitriles is 1. The summed E-state index contributed by atoms with van der Waals surface area (Å²) in [5.74, 6) is 0. The van der Waals surface area contributed by atoms with Crippen molar-refractivity contribution in [1.82, 2.24) is 15.0 Å². The average Bonchev–Trinajstić information content (AvgIpc) is 2.91. The van der Waals surface area contributed by atoms with E-state index in [0.717, 1.165) is 4.88 Å². The van der Waals surface area contributed by atoms with Gasteiger partial charge in [0, 0.05) is 11.3 Å². The van der Waals surface area contributed by atoms with E-state index >= 15 is 0 Å². The summed E-state index contributed by atoms with van der Waals surface area (Å²) in [6, 6.07) is 5.91. The highest BCUT2D eigenvalue weighted by Gasteiger charge is 2.12. The molecule has 0 atom stereocenters. The zero-order valence-corrected chi connectivity index (χ0v) is 9.15. The highest BCUT2D eigenvalue weighted by Crippen LogP contribution is 2.15. The number of rotatable bonds is 4. The van der Waals surface area contributed by atoms with Crippen LogP contribution in [-0.2, 0) is 13.0 Å². The molecule has 0 spiro atoms. The maximum absolute atomic E-state index is 10.8. The number of aromatic nitrogens is 3. The van der Waals surface area contributed by atoms with Crippen molar-refractivity contribution in [3.05, 3.63) is 33.8 Å². The summed E-state index contributed by atoms with van der Waals surface area (Å²) in [7, 11) is 0. The Bertz CT molecular complexity index is 524. The fraction of sp³-hybridized carbons (Fsp3) is 0.200. The Morgan fingerprint density at radius 3 is 3.12 bits per heavy atom. The van der Waals surface area contributed by atoms with Crippen LogP contribution in [0.1, 0.15) is 21.1 Å². The normalized spacial score (nSPS) is 9.94. The van der Waals surface area contributed by atoms with E-state index in [1.54, 1.807) is 11.3 Å². The number of carbonyl (C=O) groups is 1. The van der Waals surface area contributed by atoms with E-state index in [9.17, 15) is 4.79 Å². The quantitative estimate of drug-likeness (QED) is 0.744. The summed E-state index contributed by atoms with van der Waals surface area (Å²) in [6.45, 7) is 0.113. The minimum absolute atomic E-state index is 0.113. The van der Waals surface area contributed by atoms with E-state index < -0.39 is 0 Å². The van der Waals surface area contributed by atoms with Crippen LogP contribution in [0, 0.1) is 11.3 Å². The van der Waals surface area contributed by atoms with E-state index in [1.807, 2.05) is 23.6 Å². The van der Waals surface area contributed by atoms with E-state index in [-0.39, 0.29) is 6.54 Å². The lowest BCUT2D eigenvalue weighted by molar-refractivity contribution is 0.111. The van der Waals surface area contributed by atoms with Gasteiger partial charge in [-0.3, -0.25) is 4.79 Å². The Labute approximate surface area is 95.9 Å². The lowest BCUT2D eigenvalue weighted by Crippen LogP contribution is -2.05. The summed E-state index contributed by atoms with van der Waals surface area (Å²) in [5.41, 5.74) is 1.00. The molecule has 2 heterocycles. The molecule has 0 radical (unpaired) electrons. The number of aldehydes is 1. The highest BCUT2D eigenvalue weighted by molar-refractivity contribution is 7.09. The molecule has 0 saturated heterocycles. The molecule has 0 fully saturated rings. The fourth-order valence-electron chi connectivity index (χ4n) is 1.39. The molecule has 2 rings (SSSR count). The molecule has 6 heteroatoms. The van der Waals surface area contributed by atoms with Crippen molar-refractivity contribution in [3.63, 3.8) is 0 Å². The van der Waals surface area contributed by atoms with Gasteiger partial charge in [0.15, 0.2) is 6.29 Å². The molecule has 0 aliphatic carbocycles. The van der Waals surface area contributed by atoms with Crippen LogP contribution in [0.2, 0.25) is 0 Å². The van der Waals surface area contributed by atoms with E-state index in [2.05, 4.69) is 10.3 Å². The standard InChI is InChI=1S/C10H8N4OS/c11-3-4-14-10(9(7-15)12-13-14)6-8-2-1-5-16-8/h1-2,5,7H,4,6H2. The van der Waals surface area contributed by atoms with Crippen LogP contribution >= 0.6 is 11.3 Å². The summed E-state index contributed by atoms with van der Waals surface area (Å²) >= 11 is 1.60. The van der Waals surface area contributed by atoms with Gasteiger partial charge in [-0.05, 0) is 11.4 Å². The molecule has 16 heavy (non-hydrogen) atoms. The molecule has 0 N–H and O–H groups in total. The van der Waals surface area contributed by atoms with Crippen LogP contribution in [0.15, 0.2) is 17.5 Å². The third kappa shape index (κ3) is 1.99. The summed E-state index contributed by atoms with van der Waals surface area (Å²) in [5, 5.41) is 18.1. The van der Waals surface area contributed by atoms with Gasteiger partial charge in [0.05, 0.1) is 11.8 Å². The minimum atomic E-state index is 0.113. The summed E-state index contributed by atoms with van der Waals surface area (Å²) in [6.07, 6.45) is 1.25. The number of nitrogens with zero attached hydrogens (tertiary/aromatic N) is 4. The number of hydrogen-bond acceptors (Lipinski definition) is 5. The number of thiophene rings is 1. The second kappa shape index (κ2) is 4.68. The van der Waals surface area contributed by atoms with Crippen molar-refractivity contribution in [1.29, 1.82) is 5.26 Å². The molecule has 2 aromatic rings. The summed E-state index contributed by atoms with van der Waals surface area (Å²) in [4.78, 5) is 11.9. The SMILES string of the molecule is N#CCn1nnc(C=O)c1Cc1cccs1. The molecule has 2 aromatic heterocycles. The average molecular weight is 232 g/mol. The van der Waals surface area contributed by atoms with Crippen molar-refractivity contribution >= 4 is 17.6 Å². The fourth-order valence-corrected chi connectivity index (χ4v) is 2.10. The zero-order valence-electron chi connectivity index (χ0n) is 8.33. The smallest absolute Gasteiger partial charge is 0.172 e. The van der Waals surface area contributed by atoms with Gasteiger partial charge in [-0.15, -0.1) is 16.4 Å². The van der Waals surface area contributed by atoms with Gasteiger partial charge >= 0.3 is 0 Å². The van der Waals surface area contributed by atoms with Gasteiger partial charge in [0.1, 0.15) is 12.2 Å². The first-order valence-electron chi connectivity index (χ1n) is 4.62. The third-order valence-corrected chi connectivity index (χ3v) is 3.00. The first kappa shape index (κ1) is 10.5. The van der Waals surface area contributed by atoms with Gasteiger partial charge in [0.25, 0.3) is 0 Å². The van der Waals surface area contributed by atoms with Crippen LogP contribution in [0.5, 0.6) is 0 Å². The molecule has 0 unspecified atom stereocenters. The van der Waals surface area contributed by atoms with Crippen molar-refractivity contribution in [3.8, 4) is 6.07 Å². The minimum Gasteiger partial charge on any atom is -0.296 e. The van der Waals surface area contributed by atoms with Crippen LogP contribution in [-0.4, -0.2) is 21.3 Å². The van der Waals surface area contributed by atoms with E-state index in [0.29, 0.717) is 24.1 Å². The first-order chi connectivity index (χ1) is 7.85. The van der Waals surface area contributed by atoms with Crippen LogP contribution in [0.4, 0.5) is 0 Å². The second-order valence-corrected chi connectivity index (χ2v) is 4.14. The predicted octanol–water partition coefficient (Wildman–Crippen LogP) is 1.27. The zero-order chi connectivity index (χ0) is 11.4. The lowest BCUT2D eigenvalue weighted by atomic mass is 10.2. The van der Waals surface area contributed by atoms with Crippen molar-refractivity contribution in [2.24, 2.45) is 0 Å². The second-order valence-electron chi connectivity index (χ2n) is 3.11. The monoisotopic (exact) mass is 232 g/mol. The molecule has 0 aliphatic heterocycles. The highest BCUT2D eigenvalue weighted by atomic mass is 32.1. The third-order valence-electron chi connectivity index (χ3n) is 2.12. The molecular formula is C10H8N4OS.